The van der Waals surface area contributed by atoms with E-state index in [9.17, 15) is 0 Å². The van der Waals surface area contributed by atoms with Gasteiger partial charge in [0.2, 0.25) is 0 Å². The summed E-state index contributed by atoms with van der Waals surface area (Å²) in [7, 11) is 0. The van der Waals surface area contributed by atoms with Crippen molar-refractivity contribution in [2.45, 2.75) is 39.8 Å². The third-order valence-corrected chi connectivity index (χ3v) is 3.40. The van der Waals surface area contributed by atoms with Gasteiger partial charge in [0.15, 0.2) is 0 Å². The van der Waals surface area contributed by atoms with Crippen LogP contribution in [-0.4, -0.2) is 31.8 Å². The van der Waals surface area contributed by atoms with E-state index < -0.39 is 0 Å². The summed E-state index contributed by atoms with van der Waals surface area (Å²) >= 11 is 0. The molecule has 3 nitrogen and oxygen atoms in total. The minimum absolute atomic E-state index is 0.145. The van der Waals surface area contributed by atoms with E-state index in [1.807, 2.05) is 0 Å². The zero-order valence-electron chi connectivity index (χ0n) is 12.6. The average Bonchev–Trinajstić information content (AvgIpc) is 2.37. The first-order valence-corrected chi connectivity index (χ1v) is 7.13. The fourth-order valence-electron chi connectivity index (χ4n) is 2.33. The van der Waals surface area contributed by atoms with Crippen LogP contribution in [0.5, 0.6) is 0 Å². The van der Waals surface area contributed by atoms with Crippen LogP contribution in [0, 0.1) is 6.92 Å². The summed E-state index contributed by atoms with van der Waals surface area (Å²) in [6.45, 7) is 13.3. The first-order valence-electron chi connectivity index (χ1n) is 7.13. The maximum atomic E-state index is 5.44. The summed E-state index contributed by atoms with van der Waals surface area (Å²) in [5, 5.41) is 3.59. The van der Waals surface area contributed by atoms with Crippen molar-refractivity contribution < 1.29 is 4.74 Å². The van der Waals surface area contributed by atoms with Crippen LogP contribution in [-0.2, 0) is 11.3 Å². The molecule has 0 aromatic heterocycles. The molecule has 0 spiro atoms. The SMILES string of the molecule is Cc1ccc(N2CCOCC2)c(CNC(C)(C)C)c1. The summed E-state index contributed by atoms with van der Waals surface area (Å²) < 4.78 is 5.44. The van der Waals surface area contributed by atoms with Gasteiger partial charge in [-0.05, 0) is 39.3 Å². The lowest BCUT2D eigenvalue weighted by atomic mass is 10.0. The second-order valence-electron chi connectivity index (χ2n) is 6.34. The molecule has 0 bridgehead atoms. The van der Waals surface area contributed by atoms with E-state index in [4.69, 9.17) is 4.74 Å². The van der Waals surface area contributed by atoms with E-state index in [1.54, 1.807) is 0 Å². The number of hydrogen-bond acceptors (Lipinski definition) is 3. The monoisotopic (exact) mass is 262 g/mol. The Balaban J connectivity index is 2.17. The molecular weight excluding hydrogens is 236 g/mol. The van der Waals surface area contributed by atoms with Crippen molar-refractivity contribution in [3.63, 3.8) is 0 Å². The number of nitrogens with one attached hydrogen (secondary N) is 1. The minimum Gasteiger partial charge on any atom is -0.378 e. The van der Waals surface area contributed by atoms with Crippen LogP contribution < -0.4 is 10.2 Å². The molecule has 3 heteroatoms. The van der Waals surface area contributed by atoms with E-state index in [0.29, 0.717) is 0 Å². The van der Waals surface area contributed by atoms with Crippen molar-refractivity contribution in [3.8, 4) is 0 Å². The van der Waals surface area contributed by atoms with Crippen molar-refractivity contribution in [2.24, 2.45) is 0 Å². The van der Waals surface area contributed by atoms with Crippen molar-refractivity contribution in [1.82, 2.24) is 5.32 Å². The van der Waals surface area contributed by atoms with Gasteiger partial charge >= 0.3 is 0 Å². The molecule has 2 rings (SSSR count). The van der Waals surface area contributed by atoms with E-state index in [0.717, 1.165) is 32.8 Å². The molecule has 1 aromatic rings. The summed E-state index contributed by atoms with van der Waals surface area (Å²) in [6.07, 6.45) is 0. The quantitative estimate of drug-likeness (QED) is 0.906. The van der Waals surface area contributed by atoms with Gasteiger partial charge in [0.05, 0.1) is 13.2 Å². The molecule has 1 aliphatic heterocycles. The molecule has 1 N–H and O–H groups in total. The fraction of sp³-hybridized carbons (Fsp3) is 0.625. The Kier molecular flexibility index (Phi) is 4.48. The topological polar surface area (TPSA) is 24.5 Å². The highest BCUT2D eigenvalue weighted by molar-refractivity contribution is 5.55. The highest BCUT2D eigenvalue weighted by Gasteiger charge is 2.16. The lowest BCUT2D eigenvalue weighted by molar-refractivity contribution is 0.122. The zero-order chi connectivity index (χ0) is 13.9. The summed E-state index contributed by atoms with van der Waals surface area (Å²) in [5.74, 6) is 0. The van der Waals surface area contributed by atoms with Crippen LogP contribution in [0.15, 0.2) is 18.2 Å². The normalized spacial score (nSPS) is 16.7. The van der Waals surface area contributed by atoms with E-state index in [-0.39, 0.29) is 5.54 Å². The average molecular weight is 262 g/mol. The predicted molar refractivity (Wildman–Crippen MR) is 80.8 cm³/mol. The molecule has 0 radical (unpaired) electrons. The lowest BCUT2D eigenvalue weighted by Gasteiger charge is -2.31. The van der Waals surface area contributed by atoms with Gasteiger partial charge in [-0.3, -0.25) is 0 Å². The Morgan fingerprint density at radius 2 is 1.89 bits per heavy atom. The van der Waals surface area contributed by atoms with Gasteiger partial charge in [0.25, 0.3) is 0 Å². The number of ether oxygens (including phenoxy) is 1. The van der Waals surface area contributed by atoms with Crippen LogP contribution in [0.25, 0.3) is 0 Å². The van der Waals surface area contributed by atoms with Gasteiger partial charge in [-0.25, -0.2) is 0 Å². The molecule has 0 atom stereocenters. The second kappa shape index (κ2) is 5.93. The van der Waals surface area contributed by atoms with Crippen LogP contribution in [0.2, 0.25) is 0 Å². The first kappa shape index (κ1) is 14.4. The van der Waals surface area contributed by atoms with E-state index in [2.05, 4.69) is 56.1 Å². The minimum atomic E-state index is 0.145. The van der Waals surface area contributed by atoms with E-state index >= 15 is 0 Å². The van der Waals surface area contributed by atoms with Crippen LogP contribution in [0.1, 0.15) is 31.9 Å². The van der Waals surface area contributed by atoms with Gasteiger partial charge < -0.3 is 15.0 Å². The lowest BCUT2D eigenvalue weighted by Crippen LogP contribution is -2.38. The molecular formula is C16H26N2O. The molecule has 1 fully saturated rings. The number of hydrogen-bond donors (Lipinski definition) is 1. The molecule has 19 heavy (non-hydrogen) atoms. The number of morpholine rings is 1. The number of aryl methyl sites for hydroxylation is 1. The van der Waals surface area contributed by atoms with Gasteiger partial charge in [0.1, 0.15) is 0 Å². The number of anilines is 1. The van der Waals surface area contributed by atoms with Gasteiger partial charge in [0, 0.05) is 30.9 Å². The van der Waals surface area contributed by atoms with Crippen LogP contribution >= 0.6 is 0 Å². The van der Waals surface area contributed by atoms with Crippen molar-refractivity contribution >= 4 is 5.69 Å². The standard InChI is InChI=1S/C16H26N2O/c1-13-5-6-15(18-7-9-19-10-8-18)14(11-13)12-17-16(2,3)4/h5-6,11,17H,7-10,12H2,1-4H3. The largest absolute Gasteiger partial charge is 0.378 e. The predicted octanol–water partition coefficient (Wildman–Crippen LogP) is 2.72. The first-order chi connectivity index (χ1) is 8.96. The zero-order valence-corrected chi connectivity index (χ0v) is 12.6. The Hall–Kier alpha value is -1.06. The highest BCUT2D eigenvalue weighted by Crippen LogP contribution is 2.23. The Morgan fingerprint density at radius 1 is 1.21 bits per heavy atom. The molecule has 0 unspecified atom stereocenters. The Morgan fingerprint density at radius 3 is 2.53 bits per heavy atom. The molecule has 1 heterocycles. The third kappa shape index (κ3) is 4.22. The van der Waals surface area contributed by atoms with Gasteiger partial charge in [-0.15, -0.1) is 0 Å². The van der Waals surface area contributed by atoms with E-state index in [1.165, 1.54) is 16.8 Å². The Bertz CT molecular complexity index is 417. The third-order valence-electron chi connectivity index (χ3n) is 3.40. The van der Waals surface area contributed by atoms with Crippen molar-refractivity contribution in [2.75, 3.05) is 31.2 Å². The smallest absolute Gasteiger partial charge is 0.0642 e. The molecule has 0 saturated carbocycles. The Labute approximate surface area is 116 Å². The summed E-state index contributed by atoms with van der Waals surface area (Å²) in [4.78, 5) is 2.43. The highest BCUT2D eigenvalue weighted by atomic mass is 16.5. The second-order valence-corrected chi connectivity index (χ2v) is 6.34. The fourth-order valence-corrected chi connectivity index (χ4v) is 2.33. The molecule has 1 aromatic carbocycles. The van der Waals surface area contributed by atoms with Crippen molar-refractivity contribution in [3.05, 3.63) is 29.3 Å². The summed E-state index contributed by atoms with van der Waals surface area (Å²) in [6, 6.07) is 6.75. The molecule has 0 aliphatic carbocycles. The number of benzene rings is 1. The van der Waals surface area contributed by atoms with Gasteiger partial charge in [-0.1, -0.05) is 17.7 Å². The number of nitrogens with zero attached hydrogens (tertiary/aromatic N) is 1. The molecule has 1 aliphatic rings. The number of rotatable bonds is 3. The maximum Gasteiger partial charge on any atom is 0.0642 e. The van der Waals surface area contributed by atoms with Crippen molar-refractivity contribution in [1.29, 1.82) is 0 Å². The van der Waals surface area contributed by atoms with Gasteiger partial charge in [-0.2, -0.15) is 0 Å². The molecule has 1 saturated heterocycles. The van der Waals surface area contributed by atoms with Crippen LogP contribution in [0.4, 0.5) is 5.69 Å². The van der Waals surface area contributed by atoms with Crippen LogP contribution in [0.3, 0.4) is 0 Å². The summed E-state index contributed by atoms with van der Waals surface area (Å²) in [5.41, 5.74) is 4.21. The maximum absolute atomic E-state index is 5.44. The molecule has 106 valence electrons. The molecule has 0 amide bonds.